The maximum atomic E-state index is 13.5. The highest BCUT2D eigenvalue weighted by Gasteiger charge is 2.46. The van der Waals surface area contributed by atoms with Crippen molar-refractivity contribution in [1.82, 2.24) is 24.1 Å². The average molecular weight is 418 g/mol. The fourth-order valence-corrected chi connectivity index (χ4v) is 4.91. The van der Waals surface area contributed by atoms with Crippen molar-refractivity contribution in [3.05, 3.63) is 58.8 Å². The Morgan fingerprint density at radius 1 is 1.14 bits per heavy atom. The van der Waals surface area contributed by atoms with Gasteiger partial charge in [0.2, 0.25) is 0 Å². The van der Waals surface area contributed by atoms with E-state index in [1.807, 2.05) is 24.3 Å². The van der Waals surface area contributed by atoms with Crippen molar-refractivity contribution in [2.75, 3.05) is 0 Å². The second-order valence-corrected chi connectivity index (χ2v) is 8.20. The van der Waals surface area contributed by atoms with Gasteiger partial charge in [0, 0.05) is 24.4 Å². The number of benzene rings is 1. The van der Waals surface area contributed by atoms with Crippen molar-refractivity contribution >= 4 is 28.3 Å². The maximum Gasteiger partial charge on any atom is 0.409 e. The first-order valence-corrected chi connectivity index (χ1v) is 9.85. The summed E-state index contributed by atoms with van der Waals surface area (Å²) in [5.74, 6) is 0.958. The Morgan fingerprint density at radius 3 is 2.83 bits per heavy atom. The summed E-state index contributed by atoms with van der Waals surface area (Å²) < 4.78 is 43.5. The minimum absolute atomic E-state index is 0.0609. The van der Waals surface area contributed by atoms with Crippen LogP contribution in [0.2, 0.25) is 5.15 Å². The molecule has 3 atom stereocenters. The van der Waals surface area contributed by atoms with Crippen LogP contribution < -0.4 is 0 Å². The lowest BCUT2D eigenvalue weighted by Crippen LogP contribution is -2.23. The number of alkyl halides is 3. The number of rotatable bonds is 2. The van der Waals surface area contributed by atoms with E-state index < -0.39 is 12.2 Å². The first-order valence-electron chi connectivity index (χ1n) is 9.47. The van der Waals surface area contributed by atoms with E-state index in [1.54, 1.807) is 16.9 Å². The summed E-state index contributed by atoms with van der Waals surface area (Å²) in [7, 11) is 0. The van der Waals surface area contributed by atoms with E-state index in [0.29, 0.717) is 28.4 Å². The van der Waals surface area contributed by atoms with Crippen molar-refractivity contribution in [3.8, 4) is 0 Å². The van der Waals surface area contributed by atoms with Gasteiger partial charge >= 0.3 is 6.18 Å². The van der Waals surface area contributed by atoms with Crippen LogP contribution in [0.1, 0.15) is 47.7 Å². The Kier molecular flexibility index (Phi) is 3.40. The van der Waals surface area contributed by atoms with Gasteiger partial charge in [-0.05, 0) is 48.4 Å². The van der Waals surface area contributed by atoms with Gasteiger partial charge in [-0.2, -0.15) is 18.3 Å². The van der Waals surface area contributed by atoms with Gasteiger partial charge < -0.3 is 4.57 Å². The molecule has 0 bridgehead atoms. The summed E-state index contributed by atoms with van der Waals surface area (Å²) in [5.41, 5.74) is 4.01. The lowest BCUT2D eigenvalue weighted by molar-refractivity contribution is -0.164. The molecule has 4 aromatic rings. The Morgan fingerprint density at radius 2 is 2.00 bits per heavy atom. The van der Waals surface area contributed by atoms with Crippen LogP contribution in [0, 0.1) is 0 Å². The van der Waals surface area contributed by atoms with Gasteiger partial charge in [-0.15, -0.1) is 0 Å². The zero-order chi connectivity index (χ0) is 19.9. The molecule has 0 saturated heterocycles. The second kappa shape index (κ2) is 5.72. The lowest BCUT2D eigenvalue weighted by Gasteiger charge is -2.18. The van der Waals surface area contributed by atoms with E-state index in [0.717, 1.165) is 23.2 Å². The molecule has 9 heteroatoms. The number of aromatic nitrogens is 5. The molecule has 0 N–H and O–H groups in total. The monoisotopic (exact) mass is 417 g/mol. The summed E-state index contributed by atoms with van der Waals surface area (Å²) in [6.07, 6.45) is 0.480. The van der Waals surface area contributed by atoms with Crippen LogP contribution in [0.4, 0.5) is 13.2 Å². The van der Waals surface area contributed by atoms with Crippen LogP contribution in [0.15, 0.2) is 36.7 Å². The molecule has 0 amide bonds. The standard InChI is InChI=1S/C20H15ClF3N5/c21-17-9-13(19-25-5-6-28(19)27-17)12-8-11(12)10-1-2-14-15(7-10)29-16(20(22,23)24)3-4-18(29)26-14/h1-2,5-7,9,11-12,16H,3-4,8H2/t11-,12?,16?/m1/s1. The van der Waals surface area contributed by atoms with Crippen molar-refractivity contribution in [2.45, 2.75) is 43.3 Å². The minimum Gasteiger partial charge on any atom is -0.316 e. The Labute approximate surface area is 168 Å². The molecule has 6 rings (SSSR count). The average Bonchev–Trinajstić information content (AvgIpc) is 2.99. The highest BCUT2D eigenvalue weighted by atomic mass is 35.5. The molecule has 1 saturated carbocycles. The highest BCUT2D eigenvalue weighted by molar-refractivity contribution is 6.29. The molecule has 29 heavy (non-hydrogen) atoms. The topological polar surface area (TPSA) is 48.0 Å². The van der Waals surface area contributed by atoms with Gasteiger partial charge in [0.25, 0.3) is 0 Å². The molecule has 1 aromatic carbocycles. The van der Waals surface area contributed by atoms with Gasteiger partial charge in [0.1, 0.15) is 17.0 Å². The summed E-state index contributed by atoms with van der Waals surface area (Å²) >= 11 is 6.15. The second-order valence-electron chi connectivity index (χ2n) is 7.81. The Hall–Kier alpha value is -2.61. The minimum atomic E-state index is -4.27. The van der Waals surface area contributed by atoms with Crippen LogP contribution in [0.3, 0.4) is 0 Å². The number of halogens is 4. The summed E-state index contributed by atoms with van der Waals surface area (Å²) in [4.78, 5) is 8.80. The van der Waals surface area contributed by atoms with Gasteiger partial charge in [0.15, 0.2) is 5.65 Å². The molecule has 1 fully saturated rings. The van der Waals surface area contributed by atoms with Crippen molar-refractivity contribution in [2.24, 2.45) is 0 Å². The molecule has 4 heterocycles. The van der Waals surface area contributed by atoms with E-state index in [9.17, 15) is 13.2 Å². The van der Waals surface area contributed by atoms with Gasteiger partial charge in [-0.1, -0.05) is 17.7 Å². The summed E-state index contributed by atoms with van der Waals surface area (Å²) in [6, 6.07) is 6.04. The zero-order valence-corrected chi connectivity index (χ0v) is 15.8. The predicted octanol–water partition coefficient (Wildman–Crippen LogP) is 5.05. The molecule has 1 aliphatic carbocycles. The molecule has 5 nitrogen and oxygen atoms in total. The number of imidazole rings is 2. The Balaban J connectivity index is 1.40. The van der Waals surface area contributed by atoms with Gasteiger partial charge in [-0.25, -0.2) is 14.5 Å². The van der Waals surface area contributed by atoms with Crippen molar-refractivity contribution < 1.29 is 13.2 Å². The van der Waals surface area contributed by atoms with Crippen LogP contribution in [-0.4, -0.2) is 30.3 Å². The van der Waals surface area contributed by atoms with E-state index >= 15 is 0 Å². The molecule has 148 valence electrons. The van der Waals surface area contributed by atoms with Crippen LogP contribution in [-0.2, 0) is 6.42 Å². The molecule has 2 unspecified atom stereocenters. The lowest BCUT2D eigenvalue weighted by atomic mass is 10.0. The first-order chi connectivity index (χ1) is 13.9. The summed E-state index contributed by atoms with van der Waals surface area (Å²) in [6.45, 7) is 0. The summed E-state index contributed by atoms with van der Waals surface area (Å²) in [5, 5.41) is 4.61. The number of aryl methyl sites for hydroxylation is 1. The predicted molar refractivity (Wildman–Crippen MR) is 101 cm³/mol. The number of hydrogen-bond donors (Lipinski definition) is 0. The molecular weight excluding hydrogens is 403 g/mol. The number of fused-ring (bicyclic) bond motifs is 4. The first kappa shape index (κ1) is 17.3. The van der Waals surface area contributed by atoms with Crippen LogP contribution in [0.5, 0.6) is 0 Å². The molecule has 1 aliphatic heterocycles. The largest absolute Gasteiger partial charge is 0.409 e. The van der Waals surface area contributed by atoms with Crippen LogP contribution >= 0.6 is 11.6 Å². The quantitative estimate of drug-likeness (QED) is 0.458. The van der Waals surface area contributed by atoms with Gasteiger partial charge in [-0.3, -0.25) is 0 Å². The fourth-order valence-electron chi connectivity index (χ4n) is 4.71. The maximum absolute atomic E-state index is 13.5. The zero-order valence-electron chi connectivity index (χ0n) is 15.1. The van der Waals surface area contributed by atoms with E-state index in [2.05, 4.69) is 15.1 Å². The van der Waals surface area contributed by atoms with Crippen molar-refractivity contribution in [1.29, 1.82) is 0 Å². The molecule has 2 aliphatic rings. The molecule has 3 aromatic heterocycles. The third-order valence-electron chi connectivity index (χ3n) is 6.09. The molecule has 0 spiro atoms. The smallest absolute Gasteiger partial charge is 0.316 e. The SMILES string of the molecule is FC(F)(F)C1CCc2nc3ccc([C@H]4CC4c4cc(Cl)nn5ccnc45)cc3n21. The van der Waals surface area contributed by atoms with E-state index in [-0.39, 0.29) is 18.3 Å². The van der Waals surface area contributed by atoms with Crippen LogP contribution in [0.25, 0.3) is 16.7 Å². The fraction of sp³-hybridized carbons (Fsp3) is 0.350. The van der Waals surface area contributed by atoms with E-state index in [4.69, 9.17) is 11.6 Å². The molecular formula is C20H15ClF3N5. The number of hydrogen-bond acceptors (Lipinski definition) is 3. The van der Waals surface area contributed by atoms with Crippen molar-refractivity contribution in [3.63, 3.8) is 0 Å². The van der Waals surface area contributed by atoms with Gasteiger partial charge in [0.05, 0.1) is 11.0 Å². The third-order valence-corrected chi connectivity index (χ3v) is 6.28. The van der Waals surface area contributed by atoms with E-state index in [1.165, 1.54) is 4.57 Å². The normalized spacial score (nSPS) is 23.8. The third kappa shape index (κ3) is 2.58. The Bertz CT molecular complexity index is 1270. The molecule has 0 radical (unpaired) electrons. The highest BCUT2D eigenvalue weighted by Crippen LogP contribution is 2.56. The number of nitrogens with zero attached hydrogens (tertiary/aromatic N) is 5.